The average molecular weight is 213 g/mol. The summed E-state index contributed by atoms with van der Waals surface area (Å²) in [7, 11) is 1.65. The predicted molar refractivity (Wildman–Crippen MR) is 55.3 cm³/mol. The van der Waals surface area contributed by atoms with Crippen LogP contribution in [0.5, 0.6) is 0 Å². The van der Waals surface area contributed by atoms with Crippen molar-refractivity contribution in [3.63, 3.8) is 0 Å². The molecule has 0 saturated heterocycles. The van der Waals surface area contributed by atoms with Crippen LogP contribution in [0, 0.1) is 0 Å². The molecule has 0 unspecified atom stereocenters. The maximum Gasteiger partial charge on any atom is 0.0903 e. The van der Waals surface area contributed by atoms with Gasteiger partial charge in [0.15, 0.2) is 0 Å². The maximum absolute atomic E-state index is 10.0. The van der Waals surface area contributed by atoms with Crippen LogP contribution in [-0.4, -0.2) is 12.2 Å². The molecule has 2 nitrogen and oxygen atoms in total. The summed E-state index contributed by atoms with van der Waals surface area (Å²) < 4.78 is 5.08. The highest BCUT2D eigenvalue weighted by atomic mass is 35.5. The highest BCUT2D eigenvalue weighted by molar-refractivity contribution is 6.30. The Morgan fingerprint density at radius 1 is 1.50 bits per heavy atom. The number of rotatable bonds is 3. The van der Waals surface area contributed by atoms with Gasteiger partial charge >= 0.3 is 0 Å². The van der Waals surface area contributed by atoms with Gasteiger partial charge in [0, 0.05) is 12.1 Å². The summed E-state index contributed by atoms with van der Waals surface area (Å²) in [4.78, 5) is 0. The largest absolute Gasteiger partial charge is 0.385 e. The van der Waals surface area contributed by atoms with E-state index in [2.05, 4.69) is 0 Å². The van der Waals surface area contributed by atoms with Gasteiger partial charge in [0.25, 0.3) is 0 Å². The fraction of sp³-hybridized carbons (Fsp3) is 0.455. The van der Waals surface area contributed by atoms with E-state index in [4.69, 9.17) is 16.3 Å². The Balaban J connectivity index is 2.38. The van der Waals surface area contributed by atoms with E-state index in [1.165, 1.54) is 0 Å². The standard InChI is InChI=1S/C11H13ClO2/c1-14-7-8-2-3-9(12)6-10(8)11(13)4-5-11/h2-3,6,13H,4-5,7H2,1H3. The fourth-order valence-corrected chi connectivity index (χ4v) is 1.82. The Bertz CT molecular complexity index is 345. The van der Waals surface area contributed by atoms with Gasteiger partial charge in [0.05, 0.1) is 12.2 Å². The SMILES string of the molecule is COCc1ccc(Cl)cc1C1(O)CC1. The molecule has 1 aromatic carbocycles. The van der Waals surface area contributed by atoms with E-state index in [1.54, 1.807) is 7.11 Å². The topological polar surface area (TPSA) is 29.5 Å². The molecule has 0 heterocycles. The molecule has 0 atom stereocenters. The zero-order chi connectivity index (χ0) is 10.2. The van der Waals surface area contributed by atoms with Crippen molar-refractivity contribution in [1.29, 1.82) is 0 Å². The average Bonchev–Trinajstić information content (AvgIpc) is 2.89. The van der Waals surface area contributed by atoms with Gasteiger partial charge in [-0.1, -0.05) is 17.7 Å². The monoisotopic (exact) mass is 212 g/mol. The molecule has 0 spiro atoms. The lowest BCUT2D eigenvalue weighted by Gasteiger charge is -2.14. The second-order valence-electron chi connectivity index (χ2n) is 3.77. The van der Waals surface area contributed by atoms with Crippen LogP contribution in [0.2, 0.25) is 5.02 Å². The molecule has 14 heavy (non-hydrogen) atoms. The number of hydrogen-bond donors (Lipinski definition) is 1. The Hall–Kier alpha value is -0.570. The van der Waals surface area contributed by atoms with E-state index in [-0.39, 0.29) is 0 Å². The highest BCUT2D eigenvalue weighted by Crippen LogP contribution is 2.47. The van der Waals surface area contributed by atoms with Crippen molar-refractivity contribution in [2.75, 3.05) is 7.11 Å². The van der Waals surface area contributed by atoms with Gasteiger partial charge in [-0.25, -0.2) is 0 Å². The van der Waals surface area contributed by atoms with Crippen molar-refractivity contribution in [2.24, 2.45) is 0 Å². The Labute approximate surface area is 88.5 Å². The first kappa shape index (κ1) is 9.97. The van der Waals surface area contributed by atoms with Gasteiger partial charge in [-0.3, -0.25) is 0 Å². The Kier molecular flexibility index (Phi) is 2.52. The number of hydrogen-bond acceptors (Lipinski definition) is 2. The van der Waals surface area contributed by atoms with Crippen LogP contribution < -0.4 is 0 Å². The van der Waals surface area contributed by atoms with Crippen LogP contribution in [0.3, 0.4) is 0 Å². The molecule has 1 aromatic rings. The van der Waals surface area contributed by atoms with E-state index < -0.39 is 5.60 Å². The van der Waals surface area contributed by atoms with Crippen molar-refractivity contribution >= 4 is 11.6 Å². The minimum atomic E-state index is -0.640. The highest BCUT2D eigenvalue weighted by Gasteiger charge is 2.43. The first-order chi connectivity index (χ1) is 6.65. The van der Waals surface area contributed by atoms with Crippen molar-refractivity contribution < 1.29 is 9.84 Å². The van der Waals surface area contributed by atoms with Crippen LogP contribution >= 0.6 is 11.6 Å². The molecular formula is C11H13ClO2. The van der Waals surface area contributed by atoms with Crippen LogP contribution in [0.4, 0.5) is 0 Å². The molecule has 1 N–H and O–H groups in total. The van der Waals surface area contributed by atoms with Crippen molar-refractivity contribution in [2.45, 2.75) is 25.0 Å². The summed E-state index contributed by atoms with van der Waals surface area (Å²) in [6, 6.07) is 5.57. The normalized spacial score (nSPS) is 18.2. The third-order valence-corrected chi connectivity index (χ3v) is 2.83. The van der Waals surface area contributed by atoms with Gasteiger partial charge in [0.1, 0.15) is 0 Å². The summed E-state index contributed by atoms with van der Waals surface area (Å²) >= 11 is 5.90. The minimum Gasteiger partial charge on any atom is -0.385 e. The molecule has 0 bridgehead atoms. The maximum atomic E-state index is 10.0. The quantitative estimate of drug-likeness (QED) is 0.834. The van der Waals surface area contributed by atoms with Gasteiger partial charge < -0.3 is 9.84 Å². The molecule has 2 rings (SSSR count). The smallest absolute Gasteiger partial charge is 0.0903 e. The second-order valence-corrected chi connectivity index (χ2v) is 4.20. The van der Waals surface area contributed by atoms with Crippen LogP contribution in [0.25, 0.3) is 0 Å². The lowest BCUT2D eigenvalue weighted by Crippen LogP contribution is -2.08. The summed E-state index contributed by atoms with van der Waals surface area (Å²) in [6.45, 7) is 0.523. The number of aliphatic hydroxyl groups is 1. The molecule has 0 amide bonds. The number of methoxy groups -OCH3 is 1. The van der Waals surface area contributed by atoms with E-state index in [1.807, 2.05) is 18.2 Å². The first-order valence-corrected chi connectivity index (χ1v) is 5.04. The molecule has 1 fully saturated rings. The minimum absolute atomic E-state index is 0.523. The summed E-state index contributed by atoms with van der Waals surface area (Å²) in [5, 5.41) is 10.7. The molecular weight excluding hydrogens is 200 g/mol. The summed E-state index contributed by atoms with van der Waals surface area (Å²) in [5.74, 6) is 0. The number of ether oxygens (including phenoxy) is 1. The van der Waals surface area contributed by atoms with E-state index in [0.717, 1.165) is 24.0 Å². The molecule has 0 aliphatic heterocycles. The fourth-order valence-electron chi connectivity index (χ4n) is 1.65. The lowest BCUT2D eigenvalue weighted by atomic mass is 10.0. The summed E-state index contributed by atoms with van der Waals surface area (Å²) in [6.07, 6.45) is 1.65. The molecule has 0 radical (unpaired) electrons. The molecule has 0 aromatic heterocycles. The third kappa shape index (κ3) is 1.78. The van der Waals surface area contributed by atoms with Crippen molar-refractivity contribution in [3.05, 3.63) is 34.3 Å². The summed E-state index contributed by atoms with van der Waals surface area (Å²) in [5.41, 5.74) is 1.31. The molecule has 76 valence electrons. The van der Waals surface area contributed by atoms with Crippen LogP contribution in [-0.2, 0) is 16.9 Å². The Morgan fingerprint density at radius 3 is 2.79 bits per heavy atom. The van der Waals surface area contributed by atoms with Crippen molar-refractivity contribution in [3.8, 4) is 0 Å². The predicted octanol–water partition coefficient (Wildman–Crippen LogP) is 2.47. The first-order valence-electron chi connectivity index (χ1n) is 4.66. The van der Waals surface area contributed by atoms with E-state index >= 15 is 0 Å². The van der Waals surface area contributed by atoms with Gasteiger partial charge in [-0.15, -0.1) is 0 Å². The van der Waals surface area contributed by atoms with Crippen molar-refractivity contribution in [1.82, 2.24) is 0 Å². The molecule has 1 saturated carbocycles. The third-order valence-electron chi connectivity index (χ3n) is 2.60. The molecule has 3 heteroatoms. The second kappa shape index (κ2) is 3.54. The van der Waals surface area contributed by atoms with Crippen LogP contribution in [0.1, 0.15) is 24.0 Å². The molecule has 1 aliphatic carbocycles. The molecule has 1 aliphatic rings. The number of halogens is 1. The Morgan fingerprint density at radius 2 is 2.21 bits per heavy atom. The number of benzene rings is 1. The van der Waals surface area contributed by atoms with Crippen LogP contribution in [0.15, 0.2) is 18.2 Å². The van der Waals surface area contributed by atoms with Gasteiger partial charge in [-0.05, 0) is 36.1 Å². The van der Waals surface area contributed by atoms with E-state index in [9.17, 15) is 5.11 Å². The van der Waals surface area contributed by atoms with E-state index in [0.29, 0.717) is 11.6 Å². The lowest BCUT2D eigenvalue weighted by molar-refractivity contribution is 0.141. The zero-order valence-corrected chi connectivity index (χ0v) is 8.84. The van der Waals surface area contributed by atoms with Gasteiger partial charge in [0.2, 0.25) is 0 Å². The van der Waals surface area contributed by atoms with Gasteiger partial charge in [-0.2, -0.15) is 0 Å². The zero-order valence-electron chi connectivity index (χ0n) is 8.09.